The molecule has 1 aliphatic heterocycles. The average Bonchev–Trinajstić information content (AvgIpc) is 3.21. The molecule has 24 heavy (non-hydrogen) atoms. The number of nitrogens with zero attached hydrogens (tertiary/aromatic N) is 2. The maximum absolute atomic E-state index is 12.2. The summed E-state index contributed by atoms with van der Waals surface area (Å²) in [5, 5.41) is 14.7. The monoisotopic (exact) mass is 366 g/mol. The van der Waals surface area contributed by atoms with Gasteiger partial charge in [0.2, 0.25) is 17.8 Å². The van der Waals surface area contributed by atoms with Crippen molar-refractivity contribution < 1.29 is 14.3 Å². The topological polar surface area (TPSA) is 85.4 Å². The number of carbonyl (C=O) groups is 1. The summed E-state index contributed by atoms with van der Waals surface area (Å²) in [6, 6.07) is 5.65. The number of amides is 1. The van der Waals surface area contributed by atoms with Crippen molar-refractivity contribution in [2.45, 2.75) is 30.0 Å². The van der Waals surface area contributed by atoms with E-state index in [1.807, 2.05) is 32.0 Å². The molecule has 9 heteroatoms. The van der Waals surface area contributed by atoms with Gasteiger partial charge < -0.3 is 20.1 Å². The number of benzene rings is 1. The number of thioether (sulfide) groups is 1. The number of ether oxygens (including phenoxy) is 2. The Morgan fingerprint density at radius 2 is 2.21 bits per heavy atom. The highest BCUT2D eigenvalue weighted by molar-refractivity contribution is 8.02. The Labute approximate surface area is 148 Å². The maximum Gasteiger partial charge on any atom is 0.233 e. The van der Waals surface area contributed by atoms with Gasteiger partial charge in [0, 0.05) is 13.1 Å². The molecule has 7 nitrogen and oxygen atoms in total. The number of anilines is 1. The second-order valence-corrected chi connectivity index (χ2v) is 7.63. The Morgan fingerprint density at radius 3 is 3.04 bits per heavy atom. The molecule has 0 radical (unpaired) electrons. The second kappa shape index (κ2) is 7.71. The van der Waals surface area contributed by atoms with E-state index in [2.05, 4.69) is 20.8 Å². The third-order valence-corrected chi connectivity index (χ3v) is 5.35. The van der Waals surface area contributed by atoms with E-state index in [1.165, 1.54) is 23.1 Å². The van der Waals surface area contributed by atoms with Gasteiger partial charge in [-0.05, 0) is 31.5 Å². The molecule has 1 aromatic carbocycles. The Bertz CT molecular complexity index is 722. The van der Waals surface area contributed by atoms with Gasteiger partial charge in [-0.15, -0.1) is 10.2 Å². The fraction of sp³-hybridized carbons (Fsp3) is 0.400. The third kappa shape index (κ3) is 4.09. The van der Waals surface area contributed by atoms with Crippen molar-refractivity contribution in [3.8, 4) is 11.5 Å². The van der Waals surface area contributed by atoms with Gasteiger partial charge in [0.25, 0.3) is 0 Å². The van der Waals surface area contributed by atoms with Crippen molar-refractivity contribution in [2.24, 2.45) is 0 Å². The number of hydrogen-bond acceptors (Lipinski definition) is 8. The quantitative estimate of drug-likeness (QED) is 0.728. The van der Waals surface area contributed by atoms with E-state index in [4.69, 9.17) is 9.47 Å². The fourth-order valence-electron chi connectivity index (χ4n) is 2.07. The van der Waals surface area contributed by atoms with Crippen LogP contribution < -0.4 is 20.1 Å². The van der Waals surface area contributed by atoms with Crippen molar-refractivity contribution in [3.05, 3.63) is 23.8 Å². The molecular formula is C15H18N4O3S2. The van der Waals surface area contributed by atoms with Crippen molar-refractivity contribution in [1.82, 2.24) is 15.5 Å². The molecule has 1 aliphatic rings. The number of rotatable bonds is 7. The van der Waals surface area contributed by atoms with E-state index in [1.54, 1.807) is 0 Å². The molecule has 1 amide bonds. The Morgan fingerprint density at radius 1 is 1.38 bits per heavy atom. The van der Waals surface area contributed by atoms with E-state index in [0.717, 1.165) is 27.3 Å². The van der Waals surface area contributed by atoms with Crippen LogP contribution in [0.15, 0.2) is 22.5 Å². The standard InChI is InChI=1S/C15H18N4O3S2/c1-3-16-14-18-19-15(24-14)23-9(2)13(20)17-7-10-4-5-11-12(6-10)22-8-21-11/h4-6,9H,3,7-8H2,1-2H3,(H,16,18)(H,17,20)/t9-/m0/s1. The number of fused-ring (bicyclic) bond motifs is 1. The summed E-state index contributed by atoms with van der Waals surface area (Å²) in [5.74, 6) is 1.41. The number of carbonyl (C=O) groups excluding carboxylic acids is 1. The minimum atomic E-state index is -0.249. The lowest BCUT2D eigenvalue weighted by atomic mass is 10.2. The minimum absolute atomic E-state index is 0.0436. The Hall–Kier alpha value is -2.00. The van der Waals surface area contributed by atoms with E-state index in [-0.39, 0.29) is 18.0 Å². The molecule has 1 atom stereocenters. The summed E-state index contributed by atoms with van der Waals surface area (Å²) in [5.41, 5.74) is 0.968. The fourth-order valence-corrected chi connectivity index (χ4v) is 4.06. The molecule has 0 bridgehead atoms. The summed E-state index contributed by atoms with van der Waals surface area (Å²) in [4.78, 5) is 12.2. The van der Waals surface area contributed by atoms with Crippen molar-refractivity contribution in [2.75, 3.05) is 18.7 Å². The van der Waals surface area contributed by atoms with Crippen LogP contribution >= 0.6 is 23.1 Å². The molecule has 1 aromatic heterocycles. The first kappa shape index (κ1) is 16.8. The molecule has 2 N–H and O–H groups in total. The van der Waals surface area contributed by atoms with Crippen LogP contribution in [-0.4, -0.2) is 34.7 Å². The summed E-state index contributed by atoms with van der Waals surface area (Å²) in [6.45, 7) is 5.34. The molecule has 2 heterocycles. The first-order chi connectivity index (χ1) is 11.7. The second-order valence-electron chi connectivity index (χ2n) is 5.07. The lowest BCUT2D eigenvalue weighted by molar-refractivity contribution is -0.120. The summed E-state index contributed by atoms with van der Waals surface area (Å²) in [6.07, 6.45) is 0. The summed E-state index contributed by atoms with van der Waals surface area (Å²) >= 11 is 2.85. The van der Waals surface area contributed by atoms with E-state index in [9.17, 15) is 4.79 Å². The number of nitrogens with one attached hydrogen (secondary N) is 2. The SMILES string of the molecule is CCNc1nnc(S[C@@H](C)C(=O)NCc2ccc3c(c2)OCO3)s1. The van der Waals surface area contributed by atoms with Crippen LogP contribution in [0.2, 0.25) is 0 Å². The number of aromatic nitrogens is 2. The predicted octanol–water partition coefficient (Wildman–Crippen LogP) is 2.50. The normalized spacial score (nSPS) is 13.6. The van der Waals surface area contributed by atoms with E-state index < -0.39 is 0 Å². The molecule has 0 unspecified atom stereocenters. The van der Waals surface area contributed by atoms with Crippen LogP contribution in [-0.2, 0) is 11.3 Å². The van der Waals surface area contributed by atoms with E-state index in [0.29, 0.717) is 12.3 Å². The molecule has 0 aliphatic carbocycles. The Kier molecular flexibility index (Phi) is 5.41. The van der Waals surface area contributed by atoms with Crippen LogP contribution in [0.5, 0.6) is 11.5 Å². The van der Waals surface area contributed by atoms with Crippen molar-refractivity contribution >= 4 is 34.1 Å². The zero-order valence-corrected chi connectivity index (χ0v) is 15.0. The zero-order chi connectivity index (χ0) is 16.9. The predicted molar refractivity (Wildman–Crippen MR) is 93.8 cm³/mol. The zero-order valence-electron chi connectivity index (χ0n) is 13.4. The molecule has 0 fully saturated rings. The van der Waals surface area contributed by atoms with Gasteiger partial charge >= 0.3 is 0 Å². The van der Waals surface area contributed by atoms with Crippen LogP contribution in [0.25, 0.3) is 0 Å². The maximum atomic E-state index is 12.2. The van der Waals surface area contributed by atoms with Gasteiger partial charge in [0.1, 0.15) is 0 Å². The van der Waals surface area contributed by atoms with Gasteiger partial charge in [-0.25, -0.2) is 0 Å². The lowest BCUT2D eigenvalue weighted by Gasteiger charge is -2.10. The lowest BCUT2D eigenvalue weighted by Crippen LogP contribution is -2.30. The van der Waals surface area contributed by atoms with Crippen molar-refractivity contribution in [1.29, 1.82) is 0 Å². The molecule has 128 valence electrons. The van der Waals surface area contributed by atoms with Crippen LogP contribution in [0.1, 0.15) is 19.4 Å². The van der Waals surface area contributed by atoms with Gasteiger partial charge in [0.05, 0.1) is 5.25 Å². The largest absolute Gasteiger partial charge is 0.454 e. The van der Waals surface area contributed by atoms with Gasteiger partial charge in [-0.1, -0.05) is 29.2 Å². The van der Waals surface area contributed by atoms with Crippen LogP contribution in [0, 0.1) is 0 Å². The van der Waals surface area contributed by atoms with E-state index >= 15 is 0 Å². The molecule has 0 spiro atoms. The van der Waals surface area contributed by atoms with Gasteiger partial charge in [-0.3, -0.25) is 4.79 Å². The highest BCUT2D eigenvalue weighted by Gasteiger charge is 2.18. The molecule has 2 aromatic rings. The summed E-state index contributed by atoms with van der Waals surface area (Å²) < 4.78 is 11.4. The smallest absolute Gasteiger partial charge is 0.233 e. The first-order valence-electron chi connectivity index (χ1n) is 7.56. The molecule has 0 saturated carbocycles. The highest BCUT2D eigenvalue weighted by atomic mass is 32.2. The minimum Gasteiger partial charge on any atom is -0.454 e. The number of hydrogen-bond donors (Lipinski definition) is 2. The molecular weight excluding hydrogens is 348 g/mol. The molecule has 0 saturated heterocycles. The third-order valence-electron chi connectivity index (χ3n) is 3.29. The van der Waals surface area contributed by atoms with Gasteiger partial charge in [-0.2, -0.15) is 0 Å². The summed E-state index contributed by atoms with van der Waals surface area (Å²) in [7, 11) is 0. The van der Waals surface area contributed by atoms with Crippen LogP contribution in [0.3, 0.4) is 0 Å². The first-order valence-corrected chi connectivity index (χ1v) is 9.25. The average molecular weight is 366 g/mol. The highest BCUT2D eigenvalue weighted by Crippen LogP contribution is 2.32. The van der Waals surface area contributed by atoms with Gasteiger partial charge in [0.15, 0.2) is 15.8 Å². The molecule has 3 rings (SSSR count). The van der Waals surface area contributed by atoms with Crippen LogP contribution in [0.4, 0.5) is 5.13 Å². The van der Waals surface area contributed by atoms with Crippen molar-refractivity contribution in [3.63, 3.8) is 0 Å². The Balaban J connectivity index is 1.50.